The molecule has 2 saturated heterocycles. The fraction of sp³-hybridized carbons (Fsp3) is 0.516. The van der Waals surface area contributed by atoms with Crippen molar-refractivity contribution < 1.29 is 27.9 Å². The maximum absolute atomic E-state index is 13.8. The predicted molar refractivity (Wildman–Crippen MR) is 161 cm³/mol. The lowest BCUT2D eigenvalue weighted by atomic mass is 9.91. The Labute approximate surface area is 258 Å². The Balaban J connectivity index is 1.32. The maximum atomic E-state index is 13.8. The van der Waals surface area contributed by atoms with Gasteiger partial charge in [-0.2, -0.15) is 13.2 Å². The number of nitrogens with one attached hydrogen (secondary N) is 1. The summed E-state index contributed by atoms with van der Waals surface area (Å²) < 4.78 is 42.6. The molecule has 3 aromatic rings. The van der Waals surface area contributed by atoms with Crippen LogP contribution in [0.25, 0.3) is 11.0 Å². The Kier molecular flexibility index (Phi) is 9.31. The SMILES string of the molecule is CN(C)C1CCN(C(=O)[C@H](CC(=O)N2CCC(n3c(=O)[nH]c4ccccc43)CC2)Cc2cc(Cl)c(O)c(C(F)(F)F)c2)CC1. The van der Waals surface area contributed by atoms with E-state index in [9.17, 15) is 32.7 Å². The quantitative estimate of drug-likeness (QED) is 0.393. The van der Waals surface area contributed by atoms with Crippen molar-refractivity contribution in [2.75, 3.05) is 40.3 Å². The van der Waals surface area contributed by atoms with Crippen molar-refractivity contribution in [3.8, 4) is 5.75 Å². The number of aromatic nitrogens is 2. The summed E-state index contributed by atoms with van der Waals surface area (Å²) in [6.45, 7) is 1.74. The Morgan fingerprint density at radius 2 is 1.68 bits per heavy atom. The average molecular weight is 636 g/mol. The highest BCUT2D eigenvalue weighted by Crippen LogP contribution is 2.41. The number of carbonyl (C=O) groups is 2. The van der Waals surface area contributed by atoms with E-state index in [-0.39, 0.29) is 42.0 Å². The highest BCUT2D eigenvalue weighted by atomic mass is 35.5. The van der Waals surface area contributed by atoms with Crippen molar-refractivity contribution in [3.05, 3.63) is 63.0 Å². The van der Waals surface area contributed by atoms with Gasteiger partial charge in [-0.15, -0.1) is 0 Å². The summed E-state index contributed by atoms with van der Waals surface area (Å²) in [7, 11) is 3.96. The Morgan fingerprint density at radius 3 is 2.32 bits per heavy atom. The van der Waals surface area contributed by atoms with E-state index >= 15 is 0 Å². The minimum absolute atomic E-state index is 0.0990. The van der Waals surface area contributed by atoms with Crippen LogP contribution in [0.4, 0.5) is 13.2 Å². The molecule has 238 valence electrons. The van der Waals surface area contributed by atoms with Crippen LogP contribution in [0.3, 0.4) is 0 Å². The number of fused-ring (bicyclic) bond motifs is 1. The van der Waals surface area contributed by atoms with Gasteiger partial charge in [-0.05, 0) is 76.0 Å². The van der Waals surface area contributed by atoms with Crippen LogP contribution in [-0.4, -0.2) is 87.5 Å². The number of aromatic amines is 1. The van der Waals surface area contributed by atoms with Gasteiger partial charge in [0, 0.05) is 44.7 Å². The van der Waals surface area contributed by atoms with Gasteiger partial charge in [0.05, 0.1) is 27.5 Å². The van der Waals surface area contributed by atoms with Gasteiger partial charge in [0.1, 0.15) is 5.75 Å². The molecule has 2 aromatic carbocycles. The van der Waals surface area contributed by atoms with E-state index in [0.717, 1.165) is 29.9 Å². The first-order chi connectivity index (χ1) is 20.8. The normalized spacial score (nSPS) is 17.9. The molecule has 3 heterocycles. The van der Waals surface area contributed by atoms with E-state index in [0.29, 0.717) is 45.1 Å². The third-order valence-corrected chi connectivity index (χ3v) is 9.28. The second-order valence-electron chi connectivity index (χ2n) is 12.0. The highest BCUT2D eigenvalue weighted by Gasteiger charge is 2.37. The number of phenolic OH excluding ortho intramolecular Hbond substituents is 1. The number of alkyl halides is 3. The summed E-state index contributed by atoms with van der Waals surface area (Å²) >= 11 is 5.96. The van der Waals surface area contributed by atoms with Crippen LogP contribution in [-0.2, 0) is 22.2 Å². The number of hydrogen-bond acceptors (Lipinski definition) is 5. The molecule has 1 aromatic heterocycles. The predicted octanol–water partition coefficient (Wildman–Crippen LogP) is 4.67. The molecule has 5 rings (SSSR count). The van der Waals surface area contributed by atoms with Crippen molar-refractivity contribution >= 4 is 34.4 Å². The molecule has 0 radical (unpaired) electrons. The molecule has 13 heteroatoms. The Hall–Kier alpha value is -3.51. The molecule has 2 aliphatic rings. The van der Waals surface area contributed by atoms with Crippen LogP contribution < -0.4 is 5.69 Å². The molecule has 44 heavy (non-hydrogen) atoms. The summed E-state index contributed by atoms with van der Waals surface area (Å²) in [6, 6.07) is 9.67. The van der Waals surface area contributed by atoms with Gasteiger partial charge in [-0.3, -0.25) is 14.2 Å². The smallest absolute Gasteiger partial charge is 0.420 e. The van der Waals surface area contributed by atoms with Crippen molar-refractivity contribution in [2.45, 2.75) is 56.8 Å². The second kappa shape index (κ2) is 12.8. The summed E-state index contributed by atoms with van der Waals surface area (Å²) in [5.41, 5.74) is 0.183. The van der Waals surface area contributed by atoms with E-state index in [4.69, 9.17) is 11.6 Å². The number of aromatic hydroxyl groups is 1. The Morgan fingerprint density at radius 1 is 1.05 bits per heavy atom. The lowest BCUT2D eigenvalue weighted by molar-refractivity contribution is -0.143. The van der Waals surface area contributed by atoms with Crippen LogP contribution in [0.15, 0.2) is 41.2 Å². The van der Waals surface area contributed by atoms with Crippen molar-refractivity contribution in [1.29, 1.82) is 0 Å². The molecule has 2 amide bonds. The van der Waals surface area contributed by atoms with E-state index in [1.807, 2.05) is 38.4 Å². The number of phenols is 1. The van der Waals surface area contributed by atoms with Gasteiger partial charge >= 0.3 is 11.9 Å². The third kappa shape index (κ3) is 6.76. The van der Waals surface area contributed by atoms with E-state index in [1.54, 1.807) is 14.4 Å². The van der Waals surface area contributed by atoms with E-state index in [2.05, 4.69) is 9.88 Å². The van der Waals surface area contributed by atoms with Gasteiger partial charge in [-0.25, -0.2) is 4.79 Å². The number of carbonyl (C=O) groups excluding carboxylic acids is 2. The molecule has 0 saturated carbocycles. The van der Waals surface area contributed by atoms with Crippen LogP contribution >= 0.6 is 11.6 Å². The summed E-state index contributed by atoms with van der Waals surface area (Å²) in [6.07, 6.45) is -2.55. The number of likely N-dealkylation sites (tertiary alicyclic amines) is 2. The van der Waals surface area contributed by atoms with Crippen molar-refractivity contribution in [2.24, 2.45) is 5.92 Å². The highest BCUT2D eigenvalue weighted by molar-refractivity contribution is 6.32. The number of benzene rings is 2. The fourth-order valence-electron chi connectivity index (χ4n) is 6.53. The first-order valence-electron chi connectivity index (χ1n) is 14.8. The molecule has 2 aliphatic heterocycles. The van der Waals surface area contributed by atoms with E-state index in [1.165, 1.54) is 6.07 Å². The molecule has 1 atom stereocenters. The van der Waals surface area contributed by atoms with Gasteiger partial charge in [0.25, 0.3) is 0 Å². The number of H-pyrrole nitrogens is 1. The zero-order valence-electron chi connectivity index (χ0n) is 24.7. The summed E-state index contributed by atoms with van der Waals surface area (Å²) in [5.74, 6) is -2.52. The van der Waals surface area contributed by atoms with Crippen molar-refractivity contribution in [3.63, 3.8) is 0 Å². The summed E-state index contributed by atoms with van der Waals surface area (Å²) in [5, 5.41) is 9.48. The number of halogens is 4. The first-order valence-corrected chi connectivity index (χ1v) is 15.2. The van der Waals surface area contributed by atoms with Crippen LogP contribution in [0.1, 0.15) is 49.3 Å². The number of hydrogen-bond donors (Lipinski definition) is 2. The number of para-hydroxylation sites is 2. The molecule has 0 bridgehead atoms. The molecule has 9 nitrogen and oxygen atoms in total. The standard InChI is InChI=1S/C31H37ClF3N5O4/c1-37(2)21-7-13-39(14-8-21)29(43)20(15-19-16-23(31(33,34)35)28(42)24(32)17-19)18-27(41)38-11-9-22(10-12-38)40-26-6-4-3-5-25(26)36-30(40)44/h3-6,16-17,20-22,42H,7-15,18H2,1-2H3,(H,36,44)/t20-/m0/s1. The zero-order valence-corrected chi connectivity index (χ0v) is 25.5. The maximum Gasteiger partial charge on any atom is 0.420 e. The minimum Gasteiger partial charge on any atom is -0.506 e. The molecule has 2 fully saturated rings. The Bertz CT molecular complexity index is 1570. The molecule has 2 N–H and O–H groups in total. The summed E-state index contributed by atoms with van der Waals surface area (Å²) in [4.78, 5) is 48.4. The van der Waals surface area contributed by atoms with Gasteiger partial charge in [0.2, 0.25) is 11.8 Å². The molecule has 0 aliphatic carbocycles. The largest absolute Gasteiger partial charge is 0.506 e. The molecule has 0 spiro atoms. The topological polar surface area (TPSA) is 102 Å². The molecular formula is C31H37ClF3N5O4. The van der Waals surface area contributed by atoms with E-state index < -0.39 is 28.4 Å². The number of imidazole rings is 1. The number of nitrogens with zero attached hydrogens (tertiary/aromatic N) is 4. The first kappa shape index (κ1) is 31.9. The third-order valence-electron chi connectivity index (χ3n) is 8.99. The second-order valence-corrected chi connectivity index (χ2v) is 12.4. The number of rotatable bonds is 7. The van der Waals surface area contributed by atoms with Gasteiger partial charge < -0.3 is 24.8 Å². The molecule has 0 unspecified atom stereocenters. The average Bonchev–Trinajstić information content (AvgIpc) is 3.33. The molecular weight excluding hydrogens is 599 g/mol. The monoisotopic (exact) mass is 635 g/mol. The number of piperidine rings is 2. The number of amides is 2. The minimum atomic E-state index is -4.84. The van der Waals surface area contributed by atoms with Gasteiger partial charge in [-0.1, -0.05) is 23.7 Å². The van der Waals surface area contributed by atoms with Crippen LogP contribution in [0, 0.1) is 5.92 Å². The van der Waals surface area contributed by atoms with Crippen LogP contribution in [0.5, 0.6) is 5.75 Å². The van der Waals surface area contributed by atoms with Crippen molar-refractivity contribution in [1.82, 2.24) is 24.3 Å². The lowest BCUT2D eigenvalue weighted by Crippen LogP contribution is -2.48. The lowest BCUT2D eigenvalue weighted by Gasteiger charge is -2.37. The van der Waals surface area contributed by atoms with Gasteiger partial charge in [0.15, 0.2) is 0 Å². The fourth-order valence-corrected chi connectivity index (χ4v) is 6.77. The zero-order chi connectivity index (χ0) is 31.8. The van der Waals surface area contributed by atoms with Crippen LogP contribution in [0.2, 0.25) is 5.02 Å².